The Bertz CT molecular complexity index is 438. The molecule has 3 heteroatoms. The molecule has 112 valence electrons. The van der Waals surface area contributed by atoms with Gasteiger partial charge in [-0.15, -0.1) is 11.3 Å². The van der Waals surface area contributed by atoms with Gasteiger partial charge in [-0.25, -0.2) is 0 Å². The van der Waals surface area contributed by atoms with Crippen molar-refractivity contribution in [3.05, 3.63) is 21.9 Å². The van der Waals surface area contributed by atoms with E-state index in [0.29, 0.717) is 12.3 Å². The molecule has 0 bridgehead atoms. The maximum atomic E-state index is 12.3. The zero-order valence-corrected chi connectivity index (χ0v) is 13.8. The number of rotatable bonds is 5. The van der Waals surface area contributed by atoms with E-state index in [-0.39, 0.29) is 0 Å². The minimum Gasteiger partial charge on any atom is -0.296 e. The Morgan fingerprint density at radius 2 is 2.15 bits per heavy atom. The summed E-state index contributed by atoms with van der Waals surface area (Å²) in [4.78, 5) is 16.9. The van der Waals surface area contributed by atoms with Crippen LogP contribution in [0.15, 0.2) is 12.1 Å². The Morgan fingerprint density at radius 3 is 2.80 bits per heavy atom. The molecule has 2 heterocycles. The van der Waals surface area contributed by atoms with E-state index in [2.05, 4.69) is 31.7 Å². The first-order valence-corrected chi connectivity index (χ1v) is 8.76. The molecule has 0 aliphatic carbocycles. The van der Waals surface area contributed by atoms with Gasteiger partial charge in [0.05, 0.1) is 11.4 Å². The van der Waals surface area contributed by atoms with Crippen molar-refractivity contribution in [2.24, 2.45) is 11.8 Å². The highest BCUT2D eigenvalue weighted by Gasteiger charge is 2.21. The van der Waals surface area contributed by atoms with Crippen molar-refractivity contribution in [2.45, 2.75) is 46.5 Å². The maximum absolute atomic E-state index is 12.3. The second kappa shape index (κ2) is 7.37. The molecule has 0 amide bonds. The molecular formula is C17H27NOS. The van der Waals surface area contributed by atoms with E-state index in [4.69, 9.17) is 0 Å². The first kappa shape index (κ1) is 15.7. The van der Waals surface area contributed by atoms with E-state index < -0.39 is 0 Å². The van der Waals surface area contributed by atoms with Crippen LogP contribution in [0.1, 0.15) is 54.6 Å². The smallest absolute Gasteiger partial charge is 0.186 e. The number of carbonyl (C=O) groups excluding carboxylic acids is 1. The summed E-state index contributed by atoms with van der Waals surface area (Å²) in [6.07, 6.45) is 4.83. The van der Waals surface area contributed by atoms with Crippen LogP contribution in [0.4, 0.5) is 0 Å². The molecule has 1 aliphatic heterocycles. The largest absolute Gasteiger partial charge is 0.296 e. The molecule has 2 nitrogen and oxygen atoms in total. The SMILES string of the molecule is CCc1ccc(C(=O)CN2CCCC(C(C)C)CC2)s1. The van der Waals surface area contributed by atoms with Gasteiger partial charge in [0.1, 0.15) is 0 Å². The second-order valence-electron chi connectivity index (χ2n) is 6.25. The summed E-state index contributed by atoms with van der Waals surface area (Å²) in [5.74, 6) is 1.91. The summed E-state index contributed by atoms with van der Waals surface area (Å²) in [6.45, 7) is 9.56. The summed E-state index contributed by atoms with van der Waals surface area (Å²) in [7, 11) is 0. The van der Waals surface area contributed by atoms with Crippen LogP contribution >= 0.6 is 11.3 Å². The Labute approximate surface area is 127 Å². The molecule has 0 spiro atoms. The number of aryl methyl sites for hydroxylation is 1. The third-order valence-corrected chi connectivity index (χ3v) is 5.73. The monoisotopic (exact) mass is 293 g/mol. The average Bonchev–Trinajstić information content (AvgIpc) is 2.79. The van der Waals surface area contributed by atoms with Crippen LogP contribution < -0.4 is 0 Å². The lowest BCUT2D eigenvalue weighted by molar-refractivity contribution is 0.0936. The van der Waals surface area contributed by atoms with Gasteiger partial charge < -0.3 is 0 Å². The van der Waals surface area contributed by atoms with Crippen LogP contribution in [-0.4, -0.2) is 30.3 Å². The second-order valence-corrected chi connectivity index (χ2v) is 7.42. The van der Waals surface area contributed by atoms with Gasteiger partial charge >= 0.3 is 0 Å². The van der Waals surface area contributed by atoms with Gasteiger partial charge in [-0.2, -0.15) is 0 Å². The Balaban J connectivity index is 1.88. The topological polar surface area (TPSA) is 20.3 Å². The lowest BCUT2D eigenvalue weighted by Crippen LogP contribution is -2.30. The van der Waals surface area contributed by atoms with Crippen LogP contribution in [0.5, 0.6) is 0 Å². The summed E-state index contributed by atoms with van der Waals surface area (Å²) < 4.78 is 0. The first-order chi connectivity index (χ1) is 9.60. The van der Waals surface area contributed by atoms with Gasteiger partial charge in [-0.3, -0.25) is 9.69 Å². The van der Waals surface area contributed by atoms with Gasteiger partial charge in [0.2, 0.25) is 0 Å². The summed E-state index contributed by atoms with van der Waals surface area (Å²) in [5, 5.41) is 0. The number of ketones is 1. The summed E-state index contributed by atoms with van der Waals surface area (Å²) >= 11 is 1.66. The van der Waals surface area contributed by atoms with E-state index in [0.717, 1.165) is 36.2 Å². The number of nitrogens with zero attached hydrogens (tertiary/aromatic N) is 1. The molecule has 1 aromatic heterocycles. The molecule has 0 radical (unpaired) electrons. The van der Waals surface area contributed by atoms with Gasteiger partial charge in [-0.05, 0) is 62.7 Å². The van der Waals surface area contributed by atoms with Crippen molar-refractivity contribution >= 4 is 17.1 Å². The number of hydrogen-bond acceptors (Lipinski definition) is 3. The zero-order valence-electron chi connectivity index (χ0n) is 13.0. The molecule has 1 saturated heterocycles. The molecule has 0 saturated carbocycles. The number of likely N-dealkylation sites (tertiary alicyclic amines) is 1. The predicted molar refractivity (Wildman–Crippen MR) is 86.6 cm³/mol. The minimum absolute atomic E-state index is 0.303. The van der Waals surface area contributed by atoms with Crippen molar-refractivity contribution in [1.82, 2.24) is 4.90 Å². The molecule has 0 N–H and O–H groups in total. The van der Waals surface area contributed by atoms with Crippen molar-refractivity contribution in [1.29, 1.82) is 0 Å². The first-order valence-electron chi connectivity index (χ1n) is 7.94. The standard InChI is InChI=1S/C17H27NOS/c1-4-15-7-8-17(20-15)16(19)12-18-10-5-6-14(9-11-18)13(2)3/h7-8,13-14H,4-6,9-12H2,1-3H3. The molecule has 1 fully saturated rings. The van der Waals surface area contributed by atoms with Crippen molar-refractivity contribution in [3.63, 3.8) is 0 Å². The lowest BCUT2D eigenvalue weighted by Gasteiger charge is -2.20. The Kier molecular flexibility index (Phi) is 5.79. The molecule has 1 aliphatic rings. The fraction of sp³-hybridized carbons (Fsp3) is 0.706. The Morgan fingerprint density at radius 1 is 1.35 bits per heavy atom. The highest BCUT2D eigenvalue weighted by Crippen LogP contribution is 2.25. The minimum atomic E-state index is 0.303. The van der Waals surface area contributed by atoms with Gasteiger partial charge in [0.15, 0.2) is 5.78 Å². The third-order valence-electron chi connectivity index (χ3n) is 4.46. The average molecular weight is 293 g/mol. The highest BCUT2D eigenvalue weighted by atomic mass is 32.1. The number of hydrogen-bond donors (Lipinski definition) is 0. The predicted octanol–water partition coefficient (Wildman–Crippen LogP) is 4.25. The molecular weight excluding hydrogens is 266 g/mol. The number of thiophene rings is 1. The Hall–Kier alpha value is -0.670. The normalized spacial score (nSPS) is 21.1. The lowest BCUT2D eigenvalue weighted by atomic mass is 9.89. The molecule has 0 aromatic carbocycles. The molecule has 20 heavy (non-hydrogen) atoms. The van der Waals surface area contributed by atoms with Crippen LogP contribution in [0.3, 0.4) is 0 Å². The summed E-state index contributed by atoms with van der Waals surface area (Å²) in [5.41, 5.74) is 0. The van der Waals surface area contributed by atoms with E-state index in [1.54, 1.807) is 11.3 Å². The van der Waals surface area contributed by atoms with Crippen molar-refractivity contribution < 1.29 is 4.79 Å². The molecule has 1 atom stereocenters. The third kappa shape index (κ3) is 4.16. The van der Waals surface area contributed by atoms with Gasteiger partial charge in [0.25, 0.3) is 0 Å². The van der Waals surface area contributed by atoms with E-state index in [1.165, 1.54) is 24.1 Å². The van der Waals surface area contributed by atoms with Crippen LogP contribution in [-0.2, 0) is 6.42 Å². The van der Waals surface area contributed by atoms with Crippen molar-refractivity contribution in [3.8, 4) is 0 Å². The van der Waals surface area contributed by atoms with E-state index in [9.17, 15) is 4.79 Å². The fourth-order valence-corrected chi connectivity index (χ4v) is 3.88. The molecule has 1 aromatic rings. The summed E-state index contributed by atoms with van der Waals surface area (Å²) in [6, 6.07) is 4.09. The van der Waals surface area contributed by atoms with Gasteiger partial charge in [0, 0.05) is 4.88 Å². The van der Waals surface area contributed by atoms with Crippen LogP contribution in [0.25, 0.3) is 0 Å². The zero-order chi connectivity index (χ0) is 14.5. The van der Waals surface area contributed by atoms with Gasteiger partial charge in [-0.1, -0.05) is 20.8 Å². The van der Waals surface area contributed by atoms with Crippen LogP contribution in [0, 0.1) is 11.8 Å². The van der Waals surface area contributed by atoms with Crippen molar-refractivity contribution in [2.75, 3.05) is 19.6 Å². The van der Waals surface area contributed by atoms with E-state index in [1.807, 2.05) is 6.07 Å². The molecule has 2 rings (SSSR count). The maximum Gasteiger partial charge on any atom is 0.186 e. The fourth-order valence-electron chi connectivity index (χ4n) is 3.01. The molecule has 1 unspecified atom stereocenters. The van der Waals surface area contributed by atoms with Crippen LogP contribution in [0.2, 0.25) is 0 Å². The quantitative estimate of drug-likeness (QED) is 0.756. The highest BCUT2D eigenvalue weighted by molar-refractivity contribution is 7.14. The number of Topliss-reactive ketones (excluding diaryl/α,β-unsaturated/α-hetero) is 1. The van der Waals surface area contributed by atoms with E-state index >= 15 is 0 Å². The number of carbonyl (C=O) groups is 1.